The van der Waals surface area contributed by atoms with Crippen LogP contribution >= 0.6 is 46.3 Å². The Balaban J connectivity index is 1.56. The number of carbonyl (C=O) groups excluding carboxylic acids is 1. The molecule has 150 valence electrons. The highest BCUT2D eigenvalue weighted by Crippen LogP contribution is 2.40. The molecular formula is C20H18Cl2N4OS2. The van der Waals surface area contributed by atoms with Crippen molar-refractivity contribution in [3.8, 4) is 0 Å². The molecule has 1 aliphatic heterocycles. The fourth-order valence-corrected chi connectivity index (χ4v) is 5.73. The van der Waals surface area contributed by atoms with Gasteiger partial charge in [0.05, 0.1) is 0 Å². The van der Waals surface area contributed by atoms with Crippen LogP contribution in [0.15, 0.2) is 52.9 Å². The monoisotopic (exact) mass is 464 g/mol. The molecule has 4 rings (SSSR count). The molecule has 1 atom stereocenters. The van der Waals surface area contributed by atoms with Gasteiger partial charge in [-0.15, -0.1) is 10.2 Å². The van der Waals surface area contributed by atoms with E-state index in [1.54, 1.807) is 18.2 Å². The number of hydrogen-bond donors (Lipinski definition) is 1. The topological polar surface area (TPSA) is 58.1 Å². The molecule has 1 amide bonds. The summed E-state index contributed by atoms with van der Waals surface area (Å²) in [6.45, 7) is 2.02. The summed E-state index contributed by atoms with van der Waals surface area (Å²) in [6, 6.07) is 14.6. The summed E-state index contributed by atoms with van der Waals surface area (Å²) < 4.78 is 0.764. The first-order valence-corrected chi connectivity index (χ1v) is 11.6. The predicted molar refractivity (Wildman–Crippen MR) is 121 cm³/mol. The molecule has 3 aromatic rings. The normalized spacial score (nSPS) is 14.8. The third-order valence-corrected chi connectivity index (χ3v) is 7.22. The second-order valence-electron chi connectivity index (χ2n) is 6.60. The van der Waals surface area contributed by atoms with E-state index in [1.807, 2.05) is 30.3 Å². The Labute approximate surface area is 187 Å². The molecule has 2 heterocycles. The van der Waals surface area contributed by atoms with Crippen molar-refractivity contribution in [2.24, 2.45) is 0 Å². The first-order chi connectivity index (χ1) is 14.1. The van der Waals surface area contributed by atoms with Crippen molar-refractivity contribution in [2.45, 2.75) is 22.4 Å². The molecule has 1 fully saturated rings. The van der Waals surface area contributed by atoms with Crippen LogP contribution in [0.5, 0.6) is 0 Å². The van der Waals surface area contributed by atoms with Gasteiger partial charge in [0.25, 0.3) is 0 Å². The van der Waals surface area contributed by atoms with Crippen molar-refractivity contribution < 1.29 is 4.79 Å². The summed E-state index contributed by atoms with van der Waals surface area (Å²) in [5.41, 5.74) is 1.45. The summed E-state index contributed by atoms with van der Waals surface area (Å²) in [4.78, 5) is 15.4. The minimum Gasteiger partial charge on any atom is -0.347 e. The lowest BCUT2D eigenvalue weighted by Gasteiger charge is -2.16. The maximum Gasteiger partial charge on any atom is 0.242 e. The molecule has 0 radical (unpaired) electrons. The molecule has 1 N–H and O–H groups in total. The number of benzene rings is 2. The van der Waals surface area contributed by atoms with Crippen molar-refractivity contribution in [2.75, 3.05) is 23.3 Å². The van der Waals surface area contributed by atoms with Gasteiger partial charge in [-0.1, -0.05) is 76.6 Å². The van der Waals surface area contributed by atoms with Gasteiger partial charge in [0.2, 0.25) is 11.0 Å². The summed E-state index contributed by atoms with van der Waals surface area (Å²) in [6.07, 6.45) is 2.36. The van der Waals surface area contributed by atoms with Crippen molar-refractivity contribution in [1.82, 2.24) is 10.2 Å². The van der Waals surface area contributed by atoms with E-state index in [0.717, 1.165) is 28.1 Å². The number of anilines is 2. The Kier molecular flexibility index (Phi) is 6.60. The van der Waals surface area contributed by atoms with Gasteiger partial charge in [-0.25, -0.2) is 0 Å². The van der Waals surface area contributed by atoms with E-state index in [1.165, 1.54) is 35.9 Å². The van der Waals surface area contributed by atoms with Gasteiger partial charge < -0.3 is 10.2 Å². The van der Waals surface area contributed by atoms with Crippen LogP contribution in [-0.4, -0.2) is 29.2 Å². The van der Waals surface area contributed by atoms with Crippen molar-refractivity contribution in [1.29, 1.82) is 0 Å². The molecule has 1 aliphatic rings. The molecule has 1 unspecified atom stereocenters. The molecule has 0 saturated carbocycles. The second-order valence-corrected chi connectivity index (χ2v) is 9.78. The van der Waals surface area contributed by atoms with Crippen LogP contribution in [-0.2, 0) is 4.79 Å². The fourth-order valence-electron chi connectivity index (χ4n) is 3.12. The van der Waals surface area contributed by atoms with E-state index in [4.69, 9.17) is 23.2 Å². The van der Waals surface area contributed by atoms with Crippen LogP contribution in [0, 0.1) is 0 Å². The Morgan fingerprint density at radius 1 is 1.07 bits per heavy atom. The third kappa shape index (κ3) is 5.22. The van der Waals surface area contributed by atoms with E-state index in [0.29, 0.717) is 15.7 Å². The number of halogens is 2. The van der Waals surface area contributed by atoms with E-state index in [-0.39, 0.29) is 5.91 Å². The maximum atomic E-state index is 13.1. The standard InChI is InChI=1S/C20H18Cl2N4OS2/c21-14-10-15(22)12-16(11-14)23-18(27)17(13-6-2-1-3-7-13)28-20-25-24-19(29-20)26-8-4-5-9-26/h1-3,6-7,10-12,17H,4-5,8-9H2,(H,23,27). The number of rotatable bonds is 6. The van der Waals surface area contributed by atoms with Gasteiger partial charge in [-0.2, -0.15) is 0 Å². The van der Waals surface area contributed by atoms with E-state index in [9.17, 15) is 4.79 Å². The van der Waals surface area contributed by atoms with Crippen molar-refractivity contribution in [3.63, 3.8) is 0 Å². The van der Waals surface area contributed by atoms with Crippen LogP contribution < -0.4 is 10.2 Å². The molecule has 1 saturated heterocycles. The number of amides is 1. The zero-order valence-electron chi connectivity index (χ0n) is 15.3. The molecule has 9 heteroatoms. The lowest BCUT2D eigenvalue weighted by atomic mass is 10.1. The number of aromatic nitrogens is 2. The summed E-state index contributed by atoms with van der Waals surface area (Å²) in [5, 5.41) is 12.9. The first-order valence-electron chi connectivity index (χ1n) is 9.15. The van der Waals surface area contributed by atoms with E-state index < -0.39 is 5.25 Å². The zero-order chi connectivity index (χ0) is 20.2. The Bertz CT molecular complexity index is 973. The molecular weight excluding hydrogens is 447 g/mol. The Morgan fingerprint density at radius 2 is 1.76 bits per heavy atom. The number of carbonyl (C=O) groups is 1. The average Bonchev–Trinajstić information content (AvgIpc) is 3.37. The average molecular weight is 465 g/mol. The number of hydrogen-bond acceptors (Lipinski definition) is 6. The van der Waals surface area contributed by atoms with Crippen molar-refractivity contribution >= 4 is 63.0 Å². The second kappa shape index (κ2) is 9.34. The SMILES string of the molecule is O=C(Nc1cc(Cl)cc(Cl)c1)C(Sc1nnc(N2CCCC2)s1)c1ccccc1. The minimum atomic E-state index is -0.478. The highest BCUT2D eigenvalue weighted by molar-refractivity contribution is 8.02. The van der Waals surface area contributed by atoms with Gasteiger partial charge >= 0.3 is 0 Å². The largest absolute Gasteiger partial charge is 0.347 e. The highest BCUT2D eigenvalue weighted by atomic mass is 35.5. The molecule has 29 heavy (non-hydrogen) atoms. The highest BCUT2D eigenvalue weighted by Gasteiger charge is 2.25. The maximum absolute atomic E-state index is 13.1. The molecule has 2 aromatic carbocycles. The quantitative estimate of drug-likeness (QED) is 0.458. The molecule has 0 bridgehead atoms. The third-order valence-electron chi connectivity index (χ3n) is 4.46. The molecule has 0 aliphatic carbocycles. The smallest absolute Gasteiger partial charge is 0.242 e. The van der Waals surface area contributed by atoms with E-state index in [2.05, 4.69) is 20.4 Å². The van der Waals surface area contributed by atoms with Gasteiger partial charge in [0.15, 0.2) is 4.34 Å². The van der Waals surface area contributed by atoms with Crippen LogP contribution in [0.2, 0.25) is 10.0 Å². The summed E-state index contributed by atoms with van der Waals surface area (Å²) in [7, 11) is 0. The number of thioether (sulfide) groups is 1. The van der Waals surface area contributed by atoms with Crippen LogP contribution in [0.25, 0.3) is 0 Å². The molecule has 1 aromatic heterocycles. The lowest BCUT2D eigenvalue weighted by Crippen LogP contribution is -2.19. The lowest BCUT2D eigenvalue weighted by molar-refractivity contribution is -0.115. The van der Waals surface area contributed by atoms with Gasteiger partial charge in [-0.3, -0.25) is 4.79 Å². The Hall–Kier alpha value is -1.80. The molecule has 0 spiro atoms. The molecule has 5 nitrogen and oxygen atoms in total. The fraction of sp³-hybridized carbons (Fsp3) is 0.250. The Morgan fingerprint density at radius 3 is 2.45 bits per heavy atom. The van der Waals surface area contributed by atoms with E-state index >= 15 is 0 Å². The van der Waals surface area contributed by atoms with Crippen molar-refractivity contribution in [3.05, 3.63) is 64.1 Å². The van der Waals surface area contributed by atoms with Crippen LogP contribution in [0.1, 0.15) is 23.7 Å². The van der Waals surface area contributed by atoms with Gasteiger partial charge in [0.1, 0.15) is 5.25 Å². The van der Waals surface area contributed by atoms with Crippen LogP contribution in [0.3, 0.4) is 0 Å². The van der Waals surface area contributed by atoms with Gasteiger partial charge in [0, 0.05) is 28.8 Å². The van der Waals surface area contributed by atoms with Gasteiger partial charge in [-0.05, 0) is 36.6 Å². The number of nitrogens with zero attached hydrogens (tertiary/aromatic N) is 3. The first kappa shape index (κ1) is 20.5. The van der Waals surface area contributed by atoms with Crippen LogP contribution in [0.4, 0.5) is 10.8 Å². The minimum absolute atomic E-state index is 0.169. The summed E-state index contributed by atoms with van der Waals surface area (Å²) in [5.74, 6) is -0.169. The predicted octanol–water partition coefficient (Wildman–Crippen LogP) is 5.92. The summed E-state index contributed by atoms with van der Waals surface area (Å²) >= 11 is 15.0. The zero-order valence-corrected chi connectivity index (χ0v) is 18.5. The number of nitrogens with one attached hydrogen (secondary N) is 1.